The summed E-state index contributed by atoms with van der Waals surface area (Å²) in [5.41, 5.74) is 2.61. The van der Waals surface area contributed by atoms with Gasteiger partial charge in [-0.05, 0) is 49.8 Å². The van der Waals surface area contributed by atoms with Crippen molar-refractivity contribution in [2.24, 2.45) is 5.92 Å². The minimum Gasteiger partial charge on any atom is -0.396 e. The van der Waals surface area contributed by atoms with Crippen molar-refractivity contribution in [2.75, 3.05) is 24.4 Å². The van der Waals surface area contributed by atoms with Gasteiger partial charge in [0.15, 0.2) is 0 Å². The number of aliphatic hydroxyl groups excluding tert-OH is 1. The number of hydrogen-bond donors (Lipinski definition) is 2. The highest BCUT2D eigenvalue weighted by Crippen LogP contribution is 2.23. The summed E-state index contributed by atoms with van der Waals surface area (Å²) in [5, 5.41) is 9.20. The summed E-state index contributed by atoms with van der Waals surface area (Å²) in [7, 11) is -3.55. The maximum absolute atomic E-state index is 12.4. The summed E-state index contributed by atoms with van der Waals surface area (Å²) in [6.07, 6.45) is 1.67. The molecule has 1 aliphatic rings. The Bertz CT molecular complexity index is 572. The lowest BCUT2D eigenvalue weighted by atomic mass is 10.0. The van der Waals surface area contributed by atoms with Gasteiger partial charge < -0.3 is 5.11 Å². The van der Waals surface area contributed by atoms with Crippen molar-refractivity contribution < 1.29 is 13.5 Å². The van der Waals surface area contributed by atoms with Gasteiger partial charge in [0.05, 0.1) is 5.69 Å². The minimum atomic E-state index is -3.55. The number of benzene rings is 1. The molecule has 0 aliphatic carbocycles. The van der Waals surface area contributed by atoms with Crippen LogP contribution in [0.1, 0.15) is 24.0 Å². The highest BCUT2D eigenvalue weighted by Gasteiger charge is 2.28. The fourth-order valence-corrected chi connectivity index (χ4v) is 3.86. The second kappa shape index (κ2) is 6.11. The highest BCUT2D eigenvalue weighted by atomic mass is 32.2. The van der Waals surface area contributed by atoms with Crippen LogP contribution in [0.15, 0.2) is 18.2 Å². The van der Waals surface area contributed by atoms with Crippen LogP contribution in [0.4, 0.5) is 5.69 Å². The van der Waals surface area contributed by atoms with Crippen molar-refractivity contribution >= 4 is 15.9 Å². The quantitative estimate of drug-likeness (QED) is 0.888. The maximum atomic E-state index is 12.4. The summed E-state index contributed by atoms with van der Waals surface area (Å²) in [6, 6.07) is 5.57. The van der Waals surface area contributed by atoms with Gasteiger partial charge in [0, 0.05) is 19.7 Å². The van der Waals surface area contributed by atoms with Gasteiger partial charge in [0.2, 0.25) is 0 Å². The molecular formula is C14H22N2O3S. The molecule has 0 radical (unpaired) electrons. The molecule has 0 saturated carbocycles. The lowest BCUT2D eigenvalue weighted by Crippen LogP contribution is -2.43. The Morgan fingerprint density at radius 1 is 1.40 bits per heavy atom. The van der Waals surface area contributed by atoms with Gasteiger partial charge in [-0.15, -0.1) is 0 Å². The van der Waals surface area contributed by atoms with E-state index >= 15 is 0 Å². The topological polar surface area (TPSA) is 69.6 Å². The highest BCUT2D eigenvalue weighted by molar-refractivity contribution is 7.90. The third kappa shape index (κ3) is 3.31. The van der Waals surface area contributed by atoms with Gasteiger partial charge in [-0.3, -0.25) is 4.72 Å². The molecule has 2 rings (SSSR count). The van der Waals surface area contributed by atoms with Gasteiger partial charge >= 0.3 is 10.2 Å². The van der Waals surface area contributed by atoms with Crippen LogP contribution in [0, 0.1) is 19.8 Å². The summed E-state index contributed by atoms with van der Waals surface area (Å²) < 4.78 is 28.9. The fourth-order valence-electron chi connectivity index (χ4n) is 2.46. The molecule has 1 aliphatic heterocycles. The number of aryl methyl sites for hydroxylation is 1. The first-order valence-corrected chi connectivity index (χ1v) is 8.33. The molecule has 6 heteroatoms. The number of aliphatic hydroxyl groups is 1. The second-order valence-corrected chi connectivity index (χ2v) is 7.07. The standard InChI is InChI=1S/C14H22N2O3S/c1-11-5-3-7-14(12(11)2)15-20(18,19)16-8-4-6-13(9-16)10-17/h3,5,7,13,15,17H,4,6,8-10H2,1-2H3. The molecule has 1 heterocycles. The van der Waals surface area contributed by atoms with Crippen LogP contribution in [0.25, 0.3) is 0 Å². The van der Waals surface area contributed by atoms with E-state index < -0.39 is 10.2 Å². The van der Waals surface area contributed by atoms with E-state index in [4.69, 9.17) is 0 Å². The normalized spacial score (nSPS) is 20.9. The summed E-state index contributed by atoms with van der Waals surface area (Å²) >= 11 is 0. The third-order valence-electron chi connectivity index (χ3n) is 3.92. The predicted octanol–water partition coefficient (Wildman–Crippen LogP) is 1.66. The Morgan fingerprint density at radius 2 is 2.15 bits per heavy atom. The zero-order chi connectivity index (χ0) is 14.8. The molecule has 1 unspecified atom stereocenters. The zero-order valence-electron chi connectivity index (χ0n) is 12.0. The molecule has 1 aromatic carbocycles. The first-order chi connectivity index (χ1) is 9.44. The summed E-state index contributed by atoms with van der Waals surface area (Å²) in [4.78, 5) is 0. The first-order valence-electron chi connectivity index (χ1n) is 6.89. The van der Waals surface area contributed by atoms with Crippen LogP contribution in [-0.2, 0) is 10.2 Å². The number of anilines is 1. The number of piperidine rings is 1. The Balaban J connectivity index is 2.16. The monoisotopic (exact) mass is 298 g/mol. The van der Waals surface area contributed by atoms with E-state index in [2.05, 4.69) is 4.72 Å². The van der Waals surface area contributed by atoms with Crippen molar-refractivity contribution in [1.29, 1.82) is 0 Å². The van der Waals surface area contributed by atoms with Gasteiger partial charge in [0.1, 0.15) is 0 Å². The number of nitrogens with one attached hydrogen (secondary N) is 1. The van der Waals surface area contributed by atoms with E-state index in [1.165, 1.54) is 4.31 Å². The third-order valence-corrected chi connectivity index (χ3v) is 5.41. The molecule has 1 aromatic rings. The fraction of sp³-hybridized carbons (Fsp3) is 0.571. The number of nitrogens with zero attached hydrogens (tertiary/aromatic N) is 1. The number of rotatable bonds is 4. The average molecular weight is 298 g/mol. The Morgan fingerprint density at radius 3 is 2.85 bits per heavy atom. The molecule has 112 valence electrons. The van der Waals surface area contributed by atoms with Crippen LogP contribution >= 0.6 is 0 Å². The predicted molar refractivity (Wildman–Crippen MR) is 79.8 cm³/mol. The van der Waals surface area contributed by atoms with Crippen molar-refractivity contribution in [3.63, 3.8) is 0 Å². The van der Waals surface area contributed by atoms with E-state index in [1.54, 1.807) is 6.07 Å². The molecule has 1 atom stereocenters. The molecule has 0 aromatic heterocycles. The summed E-state index contributed by atoms with van der Waals surface area (Å²) in [5.74, 6) is 0.0407. The average Bonchev–Trinajstić information content (AvgIpc) is 2.44. The molecule has 5 nitrogen and oxygen atoms in total. The largest absolute Gasteiger partial charge is 0.396 e. The zero-order valence-corrected chi connectivity index (χ0v) is 12.8. The van der Waals surface area contributed by atoms with E-state index in [0.717, 1.165) is 24.0 Å². The molecular weight excluding hydrogens is 276 g/mol. The SMILES string of the molecule is Cc1cccc(NS(=O)(=O)N2CCCC(CO)C2)c1C. The van der Waals surface area contributed by atoms with Gasteiger partial charge in [-0.1, -0.05) is 12.1 Å². The Labute approximate surface area is 120 Å². The van der Waals surface area contributed by atoms with Gasteiger partial charge in [-0.25, -0.2) is 0 Å². The lowest BCUT2D eigenvalue weighted by molar-refractivity contribution is 0.166. The Hall–Kier alpha value is -1.11. The molecule has 1 fully saturated rings. The first kappa shape index (κ1) is 15.3. The van der Waals surface area contributed by atoms with Gasteiger partial charge in [0.25, 0.3) is 0 Å². The summed E-state index contributed by atoms with van der Waals surface area (Å²) in [6.45, 7) is 4.79. The van der Waals surface area contributed by atoms with Crippen LogP contribution in [-0.4, -0.2) is 37.5 Å². The van der Waals surface area contributed by atoms with Crippen LogP contribution < -0.4 is 4.72 Å². The van der Waals surface area contributed by atoms with Crippen molar-refractivity contribution in [3.8, 4) is 0 Å². The van der Waals surface area contributed by atoms with E-state index in [0.29, 0.717) is 18.8 Å². The Kier molecular flexibility index (Phi) is 4.67. The molecule has 20 heavy (non-hydrogen) atoms. The van der Waals surface area contributed by atoms with Crippen LogP contribution in [0.3, 0.4) is 0 Å². The molecule has 2 N–H and O–H groups in total. The van der Waals surface area contributed by atoms with Crippen molar-refractivity contribution in [3.05, 3.63) is 29.3 Å². The van der Waals surface area contributed by atoms with Crippen LogP contribution in [0.2, 0.25) is 0 Å². The minimum absolute atomic E-state index is 0.0372. The molecule has 0 bridgehead atoms. The molecule has 0 spiro atoms. The molecule has 1 saturated heterocycles. The van der Waals surface area contributed by atoms with E-state index in [-0.39, 0.29) is 12.5 Å². The van der Waals surface area contributed by atoms with Gasteiger partial charge in [-0.2, -0.15) is 12.7 Å². The van der Waals surface area contributed by atoms with Crippen molar-refractivity contribution in [1.82, 2.24) is 4.31 Å². The van der Waals surface area contributed by atoms with E-state index in [1.807, 2.05) is 26.0 Å². The smallest absolute Gasteiger partial charge is 0.301 e. The van der Waals surface area contributed by atoms with E-state index in [9.17, 15) is 13.5 Å². The maximum Gasteiger partial charge on any atom is 0.301 e. The lowest BCUT2D eigenvalue weighted by Gasteiger charge is -2.31. The van der Waals surface area contributed by atoms with Crippen molar-refractivity contribution in [2.45, 2.75) is 26.7 Å². The number of hydrogen-bond acceptors (Lipinski definition) is 3. The second-order valence-electron chi connectivity index (χ2n) is 5.40. The molecule has 0 amide bonds. The van der Waals surface area contributed by atoms with Crippen LogP contribution in [0.5, 0.6) is 0 Å².